The lowest BCUT2D eigenvalue weighted by atomic mass is 10.0. The van der Waals surface area contributed by atoms with Gasteiger partial charge in [-0.1, -0.05) is 36.4 Å². The van der Waals surface area contributed by atoms with Crippen molar-refractivity contribution in [3.63, 3.8) is 0 Å². The van der Waals surface area contributed by atoms with Gasteiger partial charge in [0.05, 0.1) is 48.4 Å². The summed E-state index contributed by atoms with van der Waals surface area (Å²) in [5.41, 5.74) is 6.48. The van der Waals surface area contributed by atoms with Gasteiger partial charge in [-0.15, -0.1) is 0 Å². The molecule has 214 valence electrons. The minimum atomic E-state index is -0.488. The minimum Gasteiger partial charge on any atom is -0.444 e. The first-order chi connectivity index (χ1) is 19.8. The molecule has 4 aromatic rings. The molecule has 0 saturated carbocycles. The third-order valence-electron chi connectivity index (χ3n) is 7.74. The third kappa shape index (κ3) is 6.41. The number of para-hydroxylation sites is 1. The van der Waals surface area contributed by atoms with Gasteiger partial charge in [-0.3, -0.25) is 14.6 Å². The van der Waals surface area contributed by atoms with Crippen LogP contribution in [-0.2, 0) is 16.0 Å². The zero-order chi connectivity index (χ0) is 28.4. The van der Waals surface area contributed by atoms with Gasteiger partial charge in [-0.05, 0) is 50.8 Å². The number of carbonyl (C=O) groups excluding carboxylic acids is 1. The Morgan fingerprint density at radius 1 is 0.976 bits per heavy atom. The van der Waals surface area contributed by atoms with Crippen LogP contribution in [0.25, 0.3) is 33.4 Å². The highest BCUT2D eigenvalue weighted by Gasteiger charge is 2.28. The van der Waals surface area contributed by atoms with Crippen molar-refractivity contribution < 1.29 is 14.3 Å². The molecule has 2 saturated heterocycles. The number of benzene rings is 2. The smallest absolute Gasteiger partial charge is 0.410 e. The Bertz CT molecular complexity index is 1500. The number of ether oxygens (including phenoxy) is 2. The van der Waals surface area contributed by atoms with E-state index >= 15 is 0 Å². The van der Waals surface area contributed by atoms with E-state index in [1.807, 2.05) is 56.2 Å². The summed E-state index contributed by atoms with van der Waals surface area (Å²) in [6, 6.07) is 15.2. The summed E-state index contributed by atoms with van der Waals surface area (Å²) < 4.78 is 13.0. The Hall–Kier alpha value is -3.82. The number of rotatable bonds is 5. The van der Waals surface area contributed by atoms with Gasteiger partial charge < -0.3 is 14.4 Å². The van der Waals surface area contributed by atoms with Gasteiger partial charge in [-0.2, -0.15) is 5.10 Å². The molecule has 0 bridgehead atoms. The maximum Gasteiger partial charge on any atom is 0.410 e. The summed E-state index contributed by atoms with van der Waals surface area (Å²) in [6.45, 7) is 11.5. The van der Waals surface area contributed by atoms with E-state index in [0.29, 0.717) is 13.1 Å². The van der Waals surface area contributed by atoms with Crippen LogP contribution in [0, 0.1) is 0 Å². The molecular formula is C32H38N6O3. The van der Waals surface area contributed by atoms with E-state index in [1.54, 1.807) is 4.90 Å². The van der Waals surface area contributed by atoms with Crippen molar-refractivity contribution in [3.05, 3.63) is 66.6 Å². The summed E-state index contributed by atoms with van der Waals surface area (Å²) in [6.07, 6.45) is 7.15. The van der Waals surface area contributed by atoms with Crippen molar-refractivity contribution in [2.75, 3.05) is 39.4 Å². The molecule has 9 heteroatoms. The molecule has 2 aromatic heterocycles. The molecule has 0 unspecified atom stereocenters. The Morgan fingerprint density at radius 3 is 2.46 bits per heavy atom. The van der Waals surface area contributed by atoms with Gasteiger partial charge in [0.15, 0.2) is 0 Å². The van der Waals surface area contributed by atoms with Gasteiger partial charge in [0.2, 0.25) is 0 Å². The van der Waals surface area contributed by atoms with Crippen molar-refractivity contribution in [1.29, 1.82) is 0 Å². The number of piperidine rings is 1. The van der Waals surface area contributed by atoms with Crippen LogP contribution in [0.3, 0.4) is 0 Å². The average molecular weight is 555 g/mol. The highest BCUT2D eigenvalue weighted by molar-refractivity contribution is 5.92. The summed E-state index contributed by atoms with van der Waals surface area (Å²) in [5.74, 6) is 0. The highest BCUT2D eigenvalue weighted by Crippen LogP contribution is 2.30. The van der Waals surface area contributed by atoms with Crippen molar-refractivity contribution in [2.45, 2.75) is 51.8 Å². The van der Waals surface area contributed by atoms with Crippen LogP contribution in [-0.4, -0.2) is 80.6 Å². The lowest BCUT2D eigenvalue weighted by molar-refractivity contribution is 0.0184. The highest BCUT2D eigenvalue weighted by atomic mass is 16.6. The van der Waals surface area contributed by atoms with Crippen molar-refractivity contribution in [3.8, 4) is 22.4 Å². The van der Waals surface area contributed by atoms with Gasteiger partial charge in [-0.25, -0.2) is 9.78 Å². The van der Waals surface area contributed by atoms with E-state index in [9.17, 15) is 4.79 Å². The second kappa shape index (κ2) is 11.6. The Kier molecular flexibility index (Phi) is 7.73. The van der Waals surface area contributed by atoms with Crippen molar-refractivity contribution >= 4 is 17.1 Å². The summed E-state index contributed by atoms with van der Waals surface area (Å²) in [7, 11) is 0. The molecule has 2 aliphatic heterocycles. The fourth-order valence-corrected chi connectivity index (χ4v) is 5.52. The molecule has 41 heavy (non-hydrogen) atoms. The van der Waals surface area contributed by atoms with E-state index < -0.39 is 5.60 Å². The summed E-state index contributed by atoms with van der Waals surface area (Å²) in [5, 5.41) is 4.67. The number of amides is 1. The molecule has 9 nitrogen and oxygen atoms in total. The molecule has 1 amide bonds. The van der Waals surface area contributed by atoms with Gasteiger partial charge >= 0.3 is 6.09 Å². The second-order valence-electron chi connectivity index (χ2n) is 11.9. The molecule has 2 aliphatic rings. The molecule has 4 heterocycles. The molecular weight excluding hydrogens is 516 g/mol. The van der Waals surface area contributed by atoms with Gasteiger partial charge in [0, 0.05) is 50.0 Å². The normalized spacial score (nSPS) is 17.2. The second-order valence-corrected chi connectivity index (χ2v) is 11.9. The lowest BCUT2D eigenvalue weighted by Gasteiger charge is -2.33. The lowest BCUT2D eigenvalue weighted by Crippen LogP contribution is -2.42. The van der Waals surface area contributed by atoms with E-state index in [1.165, 1.54) is 5.56 Å². The van der Waals surface area contributed by atoms with Crippen LogP contribution in [0.4, 0.5) is 4.79 Å². The Labute approximate surface area is 241 Å². The van der Waals surface area contributed by atoms with Crippen molar-refractivity contribution in [2.24, 2.45) is 0 Å². The van der Waals surface area contributed by atoms with Crippen LogP contribution in [0.5, 0.6) is 0 Å². The number of morpholine rings is 1. The predicted octanol–water partition coefficient (Wildman–Crippen LogP) is 5.56. The molecule has 2 fully saturated rings. The summed E-state index contributed by atoms with van der Waals surface area (Å²) >= 11 is 0. The molecule has 0 aliphatic carbocycles. The van der Waals surface area contributed by atoms with Crippen molar-refractivity contribution in [1.82, 2.24) is 29.5 Å². The van der Waals surface area contributed by atoms with Gasteiger partial charge in [0.1, 0.15) is 5.60 Å². The SMILES string of the molecule is CC(C)(C)OC(=O)N1CCC(n2cc(-c3cnc4cccc(-c5ccc(CN6CCOCC6)cc5)c4n3)cn2)CC1. The zero-order valence-electron chi connectivity index (χ0n) is 24.1. The number of carbonyl (C=O) groups is 1. The molecule has 0 atom stereocenters. The number of hydrogen-bond donors (Lipinski definition) is 0. The first-order valence-corrected chi connectivity index (χ1v) is 14.5. The fraction of sp³-hybridized carbons (Fsp3) is 0.438. The monoisotopic (exact) mass is 554 g/mol. The topological polar surface area (TPSA) is 85.6 Å². The average Bonchev–Trinajstić information content (AvgIpc) is 3.47. The molecule has 2 aromatic carbocycles. The number of aromatic nitrogens is 4. The molecule has 6 rings (SSSR count). The van der Waals surface area contributed by atoms with Crippen LogP contribution in [0.15, 0.2) is 61.1 Å². The minimum absolute atomic E-state index is 0.224. The zero-order valence-corrected chi connectivity index (χ0v) is 24.1. The first kappa shape index (κ1) is 27.4. The Morgan fingerprint density at radius 2 is 1.73 bits per heavy atom. The largest absolute Gasteiger partial charge is 0.444 e. The predicted molar refractivity (Wildman–Crippen MR) is 158 cm³/mol. The van der Waals surface area contributed by atoms with Crippen LogP contribution < -0.4 is 0 Å². The quantitative estimate of drug-likeness (QED) is 0.319. The number of fused-ring (bicyclic) bond motifs is 1. The maximum absolute atomic E-state index is 12.4. The van der Waals surface area contributed by atoms with E-state index in [2.05, 4.69) is 40.3 Å². The third-order valence-corrected chi connectivity index (χ3v) is 7.74. The summed E-state index contributed by atoms with van der Waals surface area (Å²) in [4.78, 5) is 26.5. The maximum atomic E-state index is 12.4. The molecule has 0 radical (unpaired) electrons. The standard InChI is InChI=1S/C32H38N6O3/c1-32(2,3)41-31(39)37-13-11-26(12-14-37)38-22-25(19-34-38)29-20-33-28-6-4-5-27(30(28)35-29)24-9-7-23(8-10-24)21-36-15-17-40-18-16-36/h4-10,19-20,22,26H,11-18,21H2,1-3H3. The molecule has 0 spiro atoms. The van der Waals surface area contributed by atoms with Gasteiger partial charge in [0.25, 0.3) is 0 Å². The van der Waals surface area contributed by atoms with Crippen LogP contribution in [0.1, 0.15) is 45.2 Å². The number of likely N-dealkylation sites (tertiary alicyclic amines) is 1. The van der Waals surface area contributed by atoms with Crippen LogP contribution in [0.2, 0.25) is 0 Å². The number of hydrogen-bond acceptors (Lipinski definition) is 7. The number of nitrogens with zero attached hydrogens (tertiary/aromatic N) is 6. The Balaban J connectivity index is 1.17. The van der Waals surface area contributed by atoms with E-state index in [-0.39, 0.29) is 12.1 Å². The molecule has 0 N–H and O–H groups in total. The first-order valence-electron chi connectivity index (χ1n) is 14.5. The van der Waals surface area contributed by atoms with Crippen LogP contribution >= 0.6 is 0 Å². The van der Waals surface area contributed by atoms with E-state index in [0.717, 1.165) is 79.1 Å². The van der Waals surface area contributed by atoms with E-state index in [4.69, 9.17) is 19.4 Å². The fourth-order valence-electron chi connectivity index (χ4n) is 5.52.